The summed E-state index contributed by atoms with van der Waals surface area (Å²) >= 11 is 4.39. The molecule has 2 rings (SSSR count). The van der Waals surface area contributed by atoms with Gasteiger partial charge in [0.2, 0.25) is 0 Å². The van der Waals surface area contributed by atoms with Crippen LogP contribution >= 0.6 is 45.2 Å². The Morgan fingerprint density at radius 2 is 2.12 bits per heavy atom. The number of hydrogen-bond acceptors (Lipinski definition) is 3. The number of phenols is 1. The average Bonchev–Trinajstić information content (AvgIpc) is 2.78. The fourth-order valence-electron chi connectivity index (χ4n) is 1.47. The standard InChI is InChI=1S/C11H11I2N3O/c12-9-1-8(11(17)10(13)2-9)6-14-3-7-4-15-16-5-7/h1-2,4-5,14,17H,3,6H2,(H,15,16). The molecule has 0 aliphatic rings. The first-order chi connectivity index (χ1) is 8.16. The lowest BCUT2D eigenvalue weighted by atomic mass is 10.2. The average molecular weight is 455 g/mol. The highest BCUT2D eigenvalue weighted by molar-refractivity contribution is 14.1. The number of nitrogens with zero attached hydrogens (tertiary/aromatic N) is 1. The molecule has 0 saturated carbocycles. The highest BCUT2D eigenvalue weighted by Crippen LogP contribution is 2.26. The predicted molar refractivity (Wildman–Crippen MR) is 82.7 cm³/mol. The van der Waals surface area contributed by atoms with Gasteiger partial charge in [0.15, 0.2) is 0 Å². The van der Waals surface area contributed by atoms with Gasteiger partial charge in [-0.1, -0.05) is 0 Å². The van der Waals surface area contributed by atoms with E-state index in [2.05, 4.69) is 60.7 Å². The van der Waals surface area contributed by atoms with E-state index >= 15 is 0 Å². The summed E-state index contributed by atoms with van der Waals surface area (Å²) in [5.74, 6) is 0.366. The number of halogens is 2. The van der Waals surface area contributed by atoms with Gasteiger partial charge in [-0.25, -0.2) is 0 Å². The van der Waals surface area contributed by atoms with E-state index < -0.39 is 0 Å². The van der Waals surface area contributed by atoms with Gasteiger partial charge in [0, 0.05) is 34.0 Å². The minimum absolute atomic E-state index is 0.366. The predicted octanol–water partition coefficient (Wildman–Crippen LogP) is 2.61. The Labute approximate surface area is 126 Å². The van der Waals surface area contributed by atoms with Gasteiger partial charge in [-0.2, -0.15) is 5.10 Å². The SMILES string of the molecule is Oc1c(I)cc(I)cc1CNCc1cn[nH]c1. The lowest BCUT2D eigenvalue weighted by Crippen LogP contribution is -2.12. The zero-order chi connectivity index (χ0) is 12.3. The second-order valence-electron chi connectivity index (χ2n) is 3.61. The Morgan fingerprint density at radius 3 is 2.82 bits per heavy atom. The number of hydrogen-bond donors (Lipinski definition) is 3. The van der Waals surface area contributed by atoms with E-state index in [1.807, 2.05) is 18.3 Å². The molecule has 0 atom stereocenters. The van der Waals surface area contributed by atoms with Crippen LogP contribution in [-0.2, 0) is 13.1 Å². The first-order valence-electron chi connectivity index (χ1n) is 5.02. The molecular formula is C11H11I2N3O. The summed E-state index contributed by atoms with van der Waals surface area (Å²) in [6.45, 7) is 1.38. The van der Waals surface area contributed by atoms with E-state index in [9.17, 15) is 5.11 Å². The molecule has 0 spiro atoms. The molecule has 6 heteroatoms. The summed E-state index contributed by atoms with van der Waals surface area (Å²) in [5.41, 5.74) is 2.02. The highest BCUT2D eigenvalue weighted by atomic mass is 127. The van der Waals surface area contributed by atoms with E-state index in [-0.39, 0.29) is 0 Å². The Morgan fingerprint density at radius 1 is 1.29 bits per heavy atom. The highest BCUT2D eigenvalue weighted by Gasteiger charge is 2.06. The number of nitrogens with one attached hydrogen (secondary N) is 2. The van der Waals surface area contributed by atoms with Crippen molar-refractivity contribution >= 4 is 45.2 Å². The molecule has 4 nitrogen and oxygen atoms in total. The molecule has 1 aromatic heterocycles. The molecule has 0 unspecified atom stereocenters. The second-order valence-corrected chi connectivity index (χ2v) is 6.01. The van der Waals surface area contributed by atoms with Crippen LogP contribution in [0, 0.1) is 7.14 Å². The summed E-state index contributed by atoms with van der Waals surface area (Å²) in [5, 5.41) is 19.8. The van der Waals surface area contributed by atoms with Gasteiger partial charge < -0.3 is 10.4 Å². The molecule has 0 amide bonds. The number of H-pyrrole nitrogens is 1. The molecule has 0 aliphatic heterocycles. The van der Waals surface area contributed by atoms with Crippen LogP contribution in [0.15, 0.2) is 24.5 Å². The third kappa shape index (κ3) is 3.55. The minimum atomic E-state index is 0.366. The second kappa shape index (κ2) is 6.01. The normalized spacial score (nSPS) is 10.7. The summed E-state index contributed by atoms with van der Waals surface area (Å²) < 4.78 is 2.01. The first kappa shape index (κ1) is 13.1. The van der Waals surface area contributed by atoms with E-state index in [0.717, 1.165) is 24.8 Å². The lowest BCUT2D eigenvalue weighted by molar-refractivity contribution is 0.460. The van der Waals surface area contributed by atoms with Crippen molar-refractivity contribution in [2.45, 2.75) is 13.1 Å². The fourth-order valence-corrected chi connectivity index (χ4v) is 3.43. The molecule has 0 saturated heterocycles. The van der Waals surface area contributed by atoms with E-state index in [1.54, 1.807) is 6.20 Å². The number of rotatable bonds is 4. The van der Waals surface area contributed by atoms with E-state index in [4.69, 9.17) is 0 Å². The Hall–Kier alpha value is -0.350. The molecule has 0 aliphatic carbocycles. The van der Waals surface area contributed by atoms with Crippen LogP contribution in [-0.4, -0.2) is 15.3 Å². The summed E-state index contributed by atoms with van der Waals surface area (Å²) in [6.07, 6.45) is 3.64. The monoisotopic (exact) mass is 455 g/mol. The topological polar surface area (TPSA) is 60.9 Å². The smallest absolute Gasteiger partial charge is 0.133 e. The third-order valence-corrected chi connectivity index (χ3v) is 3.75. The van der Waals surface area contributed by atoms with Crippen molar-refractivity contribution < 1.29 is 5.11 Å². The van der Waals surface area contributed by atoms with Crippen molar-refractivity contribution in [2.75, 3.05) is 0 Å². The molecule has 90 valence electrons. The summed E-state index contributed by atoms with van der Waals surface area (Å²) in [7, 11) is 0. The molecule has 0 fully saturated rings. The lowest BCUT2D eigenvalue weighted by Gasteiger charge is -2.08. The number of aromatic hydroxyl groups is 1. The summed E-state index contributed by atoms with van der Waals surface area (Å²) in [6, 6.07) is 3.94. The van der Waals surface area contributed by atoms with Crippen LogP contribution in [0.25, 0.3) is 0 Å². The van der Waals surface area contributed by atoms with Gasteiger partial charge in [-0.05, 0) is 57.3 Å². The number of aromatic nitrogens is 2. The zero-order valence-corrected chi connectivity index (χ0v) is 13.2. The van der Waals surface area contributed by atoms with Crippen molar-refractivity contribution in [1.29, 1.82) is 0 Å². The van der Waals surface area contributed by atoms with Crippen LogP contribution in [0.3, 0.4) is 0 Å². The van der Waals surface area contributed by atoms with Gasteiger partial charge in [-0.3, -0.25) is 5.10 Å². The molecule has 1 aromatic carbocycles. The Balaban J connectivity index is 1.99. The van der Waals surface area contributed by atoms with Crippen LogP contribution < -0.4 is 5.32 Å². The zero-order valence-electron chi connectivity index (χ0n) is 8.87. The van der Waals surface area contributed by atoms with Crippen molar-refractivity contribution in [2.24, 2.45) is 0 Å². The van der Waals surface area contributed by atoms with Crippen LogP contribution in [0.4, 0.5) is 0 Å². The molecule has 17 heavy (non-hydrogen) atoms. The number of aromatic amines is 1. The molecule has 0 radical (unpaired) electrons. The minimum Gasteiger partial charge on any atom is -0.507 e. The molecule has 3 N–H and O–H groups in total. The molecule has 2 aromatic rings. The number of benzene rings is 1. The Kier molecular flexibility index (Phi) is 4.62. The van der Waals surface area contributed by atoms with Crippen LogP contribution in [0.1, 0.15) is 11.1 Å². The van der Waals surface area contributed by atoms with Gasteiger partial charge in [0.05, 0.1) is 9.77 Å². The van der Waals surface area contributed by atoms with Gasteiger partial charge in [-0.15, -0.1) is 0 Å². The van der Waals surface area contributed by atoms with Gasteiger partial charge >= 0.3 is 0 Å². The van der Waals surface area contributed by atoms with Gasteiger partial charge in [0.1, 0.15) is 5.75 Å². The Bertz CT molecular complexity index is 500. The first-order valence-corrected chi connectivity index (χ1v) is 7.18. The van der Waals surface area contributed by atoms with E-state index in [1.165, 1.54) is 0 Å². The maximum atomic E-state index is 9.91. The van der Waals surface area contributed by atoms with Crippen molar-refractivity contribution in [3.63, 3.8) is 0 Å². The maximum absolute atomic E-state index is 9.91. The quantitative estimate of drug-likeness (QED) is 0.622. The van der Waals surface area contributed by atoms with Gasteiger partial charge in [0.25, 0.3) is 0 Å². The van der Waals surface area contributed by atoms with E-state index in [0.29, 0.717) is 12.3 Å². The maximum Gasteiger partial charge on any atom is 0.133 e. The third-order valence-electron chi connectivity index (χ3n) is 2.31. The van der Waals surface area contributed by atoms with Crippen molar-refractivity contribution in [1.82, 2.24) is 15.5 Å². The fraction of sp³-hybridized carbons (Fsp3) is 0.182. The van der Waals surface area contributed by atoms with Crippen molar-refractivity contribution in [3.8, 4) is 5.75 Å². The summed E-state index contributed by atoms with van der Waals surface area (Å²) in [4.78, 5) is 0. The number of phenolic OH excluding ortho intramolecular Hbond substituents is 1. The van der Waals surface area contributed by atoms with Crippen LogP contribution in [0.5, 0.6) is 5.75 Å². The van der Waals surface area contributed by atoms with Crippen LogP contribution in [0.2, 0.25) is 0 Å². The molecule has 1 heterocycles. The molecule has 0 bridgehead atoms. The molecular weight excluding hydrogens is 444 g/mol. The van der Waals surface area contributed by atoms with Crippen molar-refractivity contribution in [3.05, 3.63) is 42.8 Å². The largest absolute Gasteiger partial charge is 0.507 e.